The van der Waals surface area contributed by atoms with E-state index in [-0.39, 0.29) is 0 Å². The third-order valence-corrected chi connectivity index (χ3v) is 2.54. The highest BCUT2D eigenvalue weighted by molar-refractivity contribution is 5.07. The summed E-state index contributed by atoms with van der Waals surface area (Å²) in [5.74, 6) is 0. The first-order valence-corrected chi connectivity index (χ1v) is 5.12. The second kappa shape index (κ2) is 5.36. The summed E-state index contributed by atoms with van der Waals surface area (Å²) >= 11 is 0. The van der Waals surface area contributed by atoms with Crippen molar-refractivity contribution in [1.82, 2.24) is 0 Å². The molecule has 1 aliphatic rings. The standard InChI is InChI=1S/C11H20O/c1-3-10(2)12-9-8-11-6-4-5-7-11/h6,10H,3-5,7-9H2,1-2H3. The Morgan fingerprint density at radius 3 is 3.00 bits per heavy atom. The number of hydrogen-bond acceptors (Lipinski definition) is 1. The first kappa shape index (κ1) is 9.79. The Hall–Kier alpha value is -0.300. The molecule has 1 unspecified atom stereocenters. The molecule has 0 N–H and O–H groups in total. The van der Waals surface area contributed by atoms with Crippen molar-refractivity contribution in [1.29, 1.82) is 0 Å². The zero-order valence-corrected chi connectivity index (χ0v) is 8.31. The van der Waals surface area contributed by atoms with E-state index in [0.717, 1.165) is 19.4 Å². The average Bonchev–Trinajstić information content (AvgIpc) is 2.57. The summed E-state index contributed by atoms with van der Waals surface area (Å²) in [5, 5.41) is 0. The molecule has 0 heterocycles. The molecular weight excluding hydrogens is 148 g/mol. The molecule has 0 bridgehead atoms. The molecule has 1 atom stereocenters. The van der Waals surface area contributed by atoms with Crippen molar-refractivity contribution < 1.29 is 4.74 Å². The van der Waals surface area contributed by atoms with Gasteiger partial charge in [0.1, 0.15) is 0 Å². The van der Waals surface area contributed by atoms with Gasteiger partial charge in [-0.15, -0.1) is 0 Å². The lowest BCUT2D eigenvalue weighted by Crippen LogP contribution is -2.07. The van der Waals surface area contributed by atoms with E-state index in [1.165, 1.54) is 19.3 Å². The molecule has 0 saturated heterocycles. The molecule has 1 heteroatoms. The fourth-order valence-electron chi connectivity index (χ4n) is 1.47. The van der Waals surface area contributed by atoms with Crippen LogP contribution in [0.25, 0.3) is 0 Å². The largest absolute Gasteiger partial charge is 0.378 e. The molecule has 0 fully saturated rings. The van der Waals surface area contributed by atoms with Crippen molar-refractivity contribution >= 4 is 0 Å². The molecule has 0 aromatic carbocycles. The normalized spacial score (nSPS) is 19.3. The minimum absolute atomic E-state index is 0.437. The maximum atomic E-state index is 5.61. The van der Waals surface area contributed by atoms with Gasteiger partial charge in [-0.2, -0.15) is 0 Å². The number of allylic oxidation sites excluding steroid dienone is 1. The average molecular weight is 168 g/mol. The van der Waals surface area contributed by atoms with E-state index < -0.39 is 0 Å². The molecule has 0 saturated carbocycles. The van der Waals surface area contributed by atoms with Gasteiger partial charge in [0, 0.05) is 0 Å². The Morgan fingerprint density at radius 2 is 2.42 bits per heavy atom. The van der Waals surface area contributed by atoms with Crippen LogP contribution >= 0.6 is 0 Å². The molecule has 0 radical (unpaired) electrons. The summed E-state index contributed by atoms with van der Waals surface area (Å²) in [4.78, 5) is 0. The summed E-state index contributed by atoms with van der Waals surface area (Å²) in [6.45, 7) is 5.23. The second-order valence-corrected chi connectivity index (χ2v) is 3.59. The highest BCUT2D eigenvalue weighted by Crippen LogP contribution is 2.20. The van der Waals surface area contributed by atoms with E-state index in [1.54, 1.807) is 5.57 Å². The van der Waals surface area contributed by atoms with E-state index in [0.29, 0.717) is 6.10 Å². The van der Waals surface area contributed by atoms with Gasteiger partial charge in [0.25, 0.3) is 0 Å². The first-order valence-electron chi connectivity index (χ1n) is 5.12. The maximum absolute atomic E-state index is 5.61. The molecule has 1 rings (SSSR count). The van der Waals surface area contributed by atoms with Crippen molar-refractivity contribution in [3.8, 4) is 0 Å². The van der Waals surface area contributed by atoms with Crippen LogP contribution in [0, 0.1) is 0 Å². The lowest BCUT2D eigenvalue weighted by atomic mass is 10.2. The summed E-state index contributed by atoms with van der Waals surface area (Å²) in [6.07, 6.45) is 9.05. The molecule has 1 nitrogen and oxygen atoms in total. The zero-order valence-electron chi connectivity index (χ0n) is 8.31. The van der Waals surface area contributed by atoms with E-state index in [9.17, 15) is 0 Å². The van der Waals surface area contributed by atoms with Crippen LogP contribution in [-0.4, -0.2) is 12.7 Å². The molecular formula is C11H20O. The van der Waals surface area contributed by atoms with Crippen molar-refractivity contribution in [2.75, 3.05) is 6.61 Å². The molecule has 0 amide bonds. The smallest absolute Gasteiger partial charge is 0.0544 e. The number of ether oxygens (including phenoxy) is 1. The molecule has 0 aliphatic heterocycles. The van der Waals surface area contributed by atoms with Gasteiger partial charge < -0.3 is 4.74 Å². The lowest BCUT2D eigenvalue weighted by Gasteiger charge is -2.10. The van der Waals surface area contributed by atoms with Gasteiger partial charge in [-0.05, 0) is 39.0 Å². The van der Waals surface area contributed by atoms with Gasteiger partial charge in [-0.1, -0.05) is 18.6 Å². The Labute approximate surface area is 75.8 Å². The van der Waals surface area contributed by atoms with Crippen LogP contribution in [0.3, 0.4) is 0 Å². The Morgan fingerprint density at radius 1 is 1.58 bits per heavy atom. The van der Waals surface area contributed by atoms with Gasteiger partial charge in [0.2, 0.25) is 0 Å². The van der Waals surface area contributed by atoms with Crippen LogP contribution in [0.1, 0.15) is 46.0 Å². The fourth-order valence-corrected chi connectivity index (χ4v) is 1.47. The minimum atomic E-state index is 0.437. The maximum Gasteiger partial charge on any atom is 0.0544 e. The highest BCUT2D eigenvalue weighted by Gasteiger charge is 2.04. The van der Waals surface area contributed by atoms with Crippen LogP contribution in [0.4, 0.5) is 0 Å². The number of hydrogen-bond donors (Lipinski definition) is 0. The second-order valence-electron chi connectivity index (χ2n) is 3.59. The van der Waals surface area contributed by atoms with Crippen molar-refractivity contribution in [3.05, 3.63) is 11.6 Å². The Balaban J connectivity index is 2.01. The van der Waals surface area contributed by atoms with Gasteiger partial charge >= 0.3 is 0 Å². The Bertz CT molecular complexity index is 149. The first-order chi connectivity index (χ1) is 5.83. The molecule has 70 valence electrons. The van der Waals surface area contributed by atoms with E-state index >= 15 is 0 Å². The van der Waals surface area contributed by atoms with Gasteiger partial charge in [0.05, 0.1) is 12.7 Å². The molecule has 0 aromatic rings. The zero-order chi connectivity index (χ0) is 8.81. The van der Waals surface area contributed by atoms with Gasteiger partial charge in [0.15, 0.2) is 0 Å². The highest BCUT2D eigenvalue weighted by atomic mass is 16.5. The van der Waals surface area contributed by atoms with Crippen LogP contribution in [0.2, 0.25) is 0 Å². The van der Waals surface area contributed by atoms with Crippen LogP contribution in [0.5, 0.6) is 0 Å². The summed E-state index contributed by atoms with van der Waals surface area (Å²) in [5.41, 5.74) is 1.61. The Kier molecular flexibility index (Phi) is 4.37. The number of rotatable bonds is 5. The summed E-state index contributed by atoms with van der Waals surface area (Å²) < 4.78 is 5.61. The predicted molar refractivity (Wildman–Crippen MR) is 52.3 cm³/mol. The topological polar surface area (TPSA) is 9.23 Å². The monoisotopic (exact) mass is 168 g/mol. The molecule has 0 aromatic heterocycles. The van der Waals surface area contributed by atoms with E-state index in [4.69, 9.17) is 4.74 Å². The quantitative estimate of drug-likeness (QED) is 0.572. The minimum Gasteiger partial charge on any atom is -0.378 e. The van der Waals surface area contributed by atoms with Gasteiger partial charge in [-0.3, -0.25) is 0 Å². The molecule has 0 spiro atoms. The van der Waals surface area contributed by atoms with Crippen LogP contribution < -0.4 is 0 Å². The third kappa shape index (κ3) is 3.40. The molecule has 12 heavy (non-hydrogen) atoms. The van der Waals surface area contributed by atoms with Gasteiger partial charge in [-0.25, -0.2) is 0 Å². The molecule has 1 aliphatic carbocycles. The fraction of sp³-hybridized carbons (Fsp3) is 0.818. The lowest BCUT2D eigenvalue weighted by molar-refractivity contribution is 0.0657. The van der Waals surface area contributed by atoms with Crippen LogP contribution in [-0.2, 0) is 4.74 Å². The summed E-state index contributed by atoms with van der Waals surface area (Å²) in [7, 11) is 0. The van der Waals surface area contributed by atoms with Crippen molar-refractivity contribution in [2.45, 2.75) is 52.1 Å². The third-order valence-electron chi connectivity index (χ3n) is 2.54. The summed E-state index contributed by atoms with van der Waals surface area (Å²) in [6, 6.07) is 0. The van der Waals surface area contributed by atoms with E-state index in [2.05, 4.69) is 19.9 Å². The van der Waals surface area contributed by atoms with E-state index in [1.807, 2.05) is 0 Å². The SMILES string of the molecule is CCC(C)OCCC1=CCCC1. The van der Waals surface area contributed by atoms with Crippen LogP contribution in [0.15, 0.2) is 11.6 Å². The predicted octanol–water partition coefficient (Wildman–Crippen LogP) is 3.30. The van der Waals surface area contributed by atoms with Crippen molar-refractivity contribution in [3.63, 3.8) is 0 Å². The van der Waals surface area contributed by atoms with Crippen molar-refractivity contribution in [2.24, 2.45) is 0 Å².